The molecule has 0 bridgehead atoms. The molecule has 0 saturated heterocycles. The lowest BCUT2D eigenvalue weighted by molar-refractivity contribution is -0.124. The predicted octanol–water partition coefficient (Wildman–Crippen LogP) is 3.23. The Balaban J connectivity index is -0.00000261. The van der Waals surface area contributed by atoms with Crippen molar-refractivity contribution in [2.24, 2.45) is 5.92 Å². The Morgan fingerprint density at radius 1 is 1.00 bits per heavy atom. The van der Waals surface area contributed by atoms with Gasteiger partial charge in [0.2, 0.25) is 5.91 Å². The highest BCUT2D eigenvalue weighted by atomic mass is 32.2. The molecule has 1 aromatic carbocycles. The van der Waals surface area contributed by atoms with Gasteiger partial charge in [0.25, 0.3) is 11.8 Å². The van der Waals surface area contributed by atoms with Gasteiger partial charge in [-0.25, -0.2) is 0 Å². The van der Waals surface area contributed by atoms with E-state index in [9.17, 15) is 14.4 Å². The van der Waals surface area contributed by atoms with Gasteiger partial charge in [0, 0.05) is 52.5 Å². The van der Waals surface area contributed by atoms with Crippen LogP contribution in [0.4, 0.5) is 0 Å². The van der Waals surface area contributed by atoms with Crippen LogP contribution in [-0.2, 0) is 11.3 Å². The first-order valence-electron chi connectivity index (χ1n) is 9.55. The van der Waals surface area contributed by atoms with Gasteiger partial charge in [-0.05, 0) is 35.9 Å². The van der Waals surface area contributed by atoms with Gasteiger partial charge >= 0.3 is 0 Å². The Morgan fingerprint density at radius 2 is 1.61 bits per heavy atom. The number of carbonyl (C=O) groups excluding carboxylic acids is 3. The summed E-state index contributed by atoms with van der Waals surface area (Å²) in [6.07, 6.45) is 1.10. The number of thiol groups is 1. The van der Waals surface area contributed by atoms with Crippen molar-refractivity contribution in [3.8, 4) is 0 Å². The molecule has 3 amide bonds. The second-order valence-electron chi connectivity index (χ2n) is 6.64. The number of carbonyl (C=O) groups is 3. The number of hydrogen-bond acceptors (Lipinski definition) is 5. The van der Waals surface area contributed by atoms with E-state index in [2.05, 4.69) is 35.5 Å². The highest BCUT2D eigenvalue weighted by Crippen LogP contribution is 2.12. The second kappa shape index (κ2) is 13.5. The minimum absolute atomic E-state index is 0. The molecule has 1 rings (SSSR count). The molecule has 28 heavy (non-hydrogen) atoms. The molecule has 162 valence electrons. The van der Waals surface area contributed by atoms with Crippen LogP contribution in [0.2, 0.25) is 0 Å². The van der Waals surface area contributed by atoms with Crippen LogP contribution in [0, 0.1) is 5.92 Å². The molecular formula is C20H37N3O3S2. The van der Waals surface area contributed by atoms with E-state index in [-0.39, 0.29) is 34.5 Å². The van der Waals surface area contributed by atoms with Gasteiger partial charge in [0.05, 0.1) is 0 Å². The van der Waals surface area contributed by atoms with Gasteiger partial charge < -0.3 is 16.0 Å². The summed E-state index contributed by atoms with van der Waals surface area (Å²) in [5.74, 6) is 1.73. The summed E-state index contributed by atoms with van der Waals surface area (Å²) < 4.78 is 0. The van der Waals surface area contributed by atoms with E-state index in [1.165, 1.54) is 0 Å². The normalized spacial score (nSPS) is 10.6. The predicted molar refractivity (Wildman–Crippen MR) is 126 cm³/mol. The Hall–Kier alpha value is -1.67. The van der Waals surface area contributed by atoms with Crippen molar-refractivity contribution in [1.29, 1.82) is 0 Å². The average molecular weight is 432 g/mol. The Labute approximate surface area is 181 Å². The van der Waals surface area contributed by atoms with Crippen molar-refractivity contribution in [1.82, 2.24) is 16.0 Å². The van der Waals surface area contributed by atoms with E-state index in [0.29, 0.717) is 35.5 Å². The summed E-state index contributed by atoms with van der Waals surface area (Å²) in [4.78, 5) is 36.7. The lowest BCUT2D eigenvalue weighted by atomic mass is 10.0. The summed E-state index contributed by atoms with van der Waals surface area (Å²) in [7, 11) is 0. The van der Waals surface area contributed by atoms with Gasteiger partial charge in [-0.3, -0.25) is 14.4 Å². The van der Waals surface area contributed by atoms with Gasteiger partial charge in [-0.15, -0.1) is 0 Å². The van der Waals surface area contributed by atoms with E-state index >= 15 is 0 Å². The molecular weight excluding hydrogens is 394 g/mol. The van der Waals surface area contributed by atoms with Crippen LogP contribution < -0.4 is 16.0 Å². The molecule has 0 aliphatic carbocycles. The lowest BCUT2D eigenvalue weighted by Crippen LogP contribution is -2.30. The zero-order valence-electron chi connectivity index (χ0n) is 16.8. The fourth-order valence-corrected chi connectivity index (χ4v) is 3.16. The first kappa shape index (κ1) is 24.4. The molecule has 0 aromatic heterocycles. The summed E-state index contributed by atoms with van der Waals surface area (Å²) in [5, 5.41) is 8.46. The Bertz CT molecular complexity index is 680. The molecule has 0 atom stereocenters. The van der Waals surface area contributed by atoms with E-state index in [1.54, 1.807) is 30.0 Å². The highest BCUT2D eigenvalue weighted by Gasteiger charge is 2.14. The van der Waals surface area contributed by atoms with Crippen LogP contribution in [0.25, 0.3) is 0 Å². The van der Waals surface area contributed by atoms with Crippen molar-refractivity contribution in [3.63, 3.8) is 0 Å². The smallest absolute Gasteiger partial charge is 0.251 e. The quantitative estimate of drug-likeness (QED) is 0.302. The standard InChI is InChI=1S/C20H31N3O3S2.3H2/c1-4-8-28-9-6-22-20(26)17-11-15(13-23-18(24)14(2)3)10-16(12-17)19(25)21-5-7-27;;;/h10-12,14,27H,4-9,13H2,1-3H3,(H,21,25)(H,22,26)(H,23,24);3*1H. The van der Waals surface area contributed by atoms with Crippen molar-refractivity contribution >= 4 is 42.1 Å². The summed E-state index contributed by atoms with van der Waals surface area (Å²) >= 11 is 5.88. The molecule has 0 fully saturated rings. The molecule has 0 aliphatic heterocycles. The number of amides is 3. The van der Waals surface area contributed by atoms with E-state index in [1.807, 2.05) is 13.8 Å². The van der Waals surface area contributed by atoms with E-state index < -0.39 is 0 Å². The Kier molecular flexibility index (Phi) is 11.7. The van der Waals surface area contributed by atoms with Crippen molar-refractivity contribution in [2.75, 3.05) is 30.3 Å². The largest absolute Gasteiger partial charge is 0.352 e. The SMILES string of the molecule is CCCSCCNC(=O)c1cc(CNC(=O)C(C)C)cc(C(=O)NCCS)c1.[HH].[HH].[HH]. The molecule has 3 N–H and O–H groups in total. The third-order valence-corrected chi connectivity index (χ3v) is 5.20. The lowest BCUT2D eigenvalue weighted by Gasteiger charge is -2.12. The van der Waals surface area contributed by atoms with Crippen LogP contribution in [0.3, 0.4) is 0 Å². The van der Waals surface area contributed by atoms with Gasteiger partial charge in [-0.1, -0.05) is 20.8 Å². The zero-order valence-corrected chi connectivity index (χ0v) is 18.6. The highest BCUT2D eigenvalue weighted by molar-refractivity contribution is 7.99. The molecule has 8 heteroatoms. The Morgan fingerprint density at radius 3 is 2.14 bits per heavy atom. The van der Waals surface area contributed by atoms with Gasteiger partial charge in [0.1, 0.15) is 0 Å². The third kappa shape index (κ3) is 9.01. The molecule has 0 heterocycles. The van der Waals surface area contributed by atoms with Crippen LogP contribution in [0.15, 0.2) is 18.2 Å². The number of nitrogens with one attached hydrogen (secondary N) is 3. The fraction of sp³-hybridized carbons (Fsp3) is 0.550. The molecule has 6 nitrogen and oxygen atoms in total. The maximum atomic E-state index is 12.5. The molecule has 0 saturated carbocycles. The maximum Gasteiger partial charge on any atom is 0.251 e. The second-order valence-corrected chi connectivity index (χ2v) is 8.31. The van der Waals surface area contributed by atoms with Crippen LogP contribution in [0.1, 0.15) is 57.8 Å². The minimum Gasteiger partial charge on any atom is -0.352 e. The molecule has 0 spiro atoms. The molecule has 0 unspecified atom stereocenters. The molecule has 1 aromatic rings. The monoisotopic (exact) mass is 431 g/mol. The van der Waals surface area contributed by atoms with E-state index in [4.69, 9.17) is 0 Å². The number of rotatable bonds is 12. The van der Waals surface area contributed by atoms with Crippen molar-refractivity contribution in [3.05, 3.63) is 34.9 Å². The average Bonchev–Trinajstić information content (AvgIpc) is 2.69. The topological polar surface area (TPSA) is 87.3 Å². The number of hydrogen-bond donors (Lipinski definition) is 4. The van der Waals surface area contributed by atoms with Gasteiger partial charge in [0.15, 0.2) is 0 Å². The van der Waals surface area contributed by atoms with E-state index in [0.717, 1.165) is 17.9 Å². The van der Waals surface area contributed by atoms with Gasteiger partial charge in [-0.2, -0.15) is 24.4 Å². The van der Waals surface area contributed by atoms with Crippen LogP contribution in [0.5, 0.6) is 0 Å². The van der Waals surface area contributed by atoms with Crippen molar-refractivity contribution < 1.29 is 18.7 Å². The molecule has 0 aliphatic rings. The van der Waals surface area contributed by atoms with Crippen molar-refractivity contribution in [2.45, 2.75) is 33.7 Å². The first-order valence-corrected chi connectivity index (χ1v) is 11.3. The summed E-state index contributed by atoms with van der Waals surface area (Å²) in [6, 6.07) is 4.99. The molecule has 0 radical (unpaired) electrons. The third-order valence-electron chi connectivity index (χ3n) is 3.79. The van der Waals surface area contributed by atoms with Crippen LogP contribution in [-0.4, -0.2) is 48.1 Å². The fourth-order valence-electron chi connectivity index (χ4n) is 2.31. The van der Waals surface area contributed by atoms with Crippen LogP contribution >= 0.6 is 24.4 Å². The summed E-state index contributed by atoms with van der Waals surface area (Å²) in [5.41, 5.74) is 1.51. The number of benzene rings is 1. The summed E-state index contributed by atoms with van der Waals surface area (Å²) in [6.45, 7) is 7.01. The maximum absolute atomic E-state index is 12.5. The first-order chi connectivity index (χ1) is 13.4. The minimum atomic E-state index is -0.265. The zero-order chi connectivity index (χ0) is 20.9. The number of thioether (sulfide) groups is 1.